The summed E-state index contributed by atoms with van der Waals surface area (Å²) in [5.74, 6) is -0.728. The Balaban J connectivity index is 2.05. The monoisotopic (exact) mass is 355 g/mol. The Hall–Kier alpha value is -1.30. The zero-order valence-corrected chi connectivity index (χ0v) is 15.4. The number of carboxylic acid groups (broad SMARTS) is 1. The Morgan fingerprint density at radius 3 is 2.71 bits per heavy atom. The molecule has 0 bridgehead atoms. The van der Waals surface area contributed by atoms with Crippen LogP contribution >= 0.6 is 11.6 Å². The number of benzene rings is 1. The third-order valence-electron chi connectivity index (χ3n) is 4.36. The molecule has 0 saturated heterocycles. The number of halogens is 1. The van der Waals surface area contributed by atoms with Gasteiger partial charge in [-0.1, -0.05) is 11.6 Å². The molecular weight excluding hydrogens is 330 g/mol. The molecule has 134 valence electrons. The van der Waals surface area contributed by atoms with Crippen LogP contribution in [0.3, 0.4) is 0 Å². The molecule has 0 spiro atoms. The zero-order valence-electron chi connectivity index (χ0n) is 14.6. The van der Waals surface area contributed by atoms with Gasteiger partial charge in [0, 0.05) is 45.5 Å². The van der Waals surface area contributed by atoms with Crippen LogP contribution in [0.15, 0.2) is 12.1 Å². The lowest BCUT2D eigenvalue weighted by atomic mass is 10.0. The number of carboxylic acids is 1. The van der Waals surface area contributed by atoms with E-state index in [1.54, 1.807) is 7.11 Å². The predicted octanol–water partition coefficient (Wildman–Crippen LogP) is 3.37. The topological polar surface area (TPSA) is 59.0 Å². The van der Waals surface area contributed by atoms with Crippen molar-refractivity contribution >= 4 is 17.6 Å². The lowest BCUT2D eigenvalue weighted by Gasteiger charge is -2.25. The number of nitrogens with zero attached hydrogens (tertiary/aromatic N) is 1. The van der Waals surface area contributed by atoms with Gasteiger partial charge >= 0.3 is 5.97 Å². The van der Waals surface area contributed by atoms with Gasteiger partial charge in [0.05, 0.1) is 0 Å². The van der Waals surface area contributed by atoms with Gasteiger partial charge in [-0.05, 0) is 49.1 Å². The van der Waals surface area contributed by atoms with E-state index in [-0.39, 0.29) is 6.42 Å². The first-order chi connectivity index (χ1) is 11.3. The highest BCUT2D eigenvalue weighted by Gasteiger charge is 2.22. The molecular formula is C18H26ClNO4. The van der Waals surface area contributed by atoms with E-state index in [4.69, 9.17) is 26.2 Å². The van der Waals surface area contributed by atoms with Crippen molar-refractivity contribution in [3.05, 3.63) is 28.3 Å². The molecule has 1 aromatic rings. The highest BCUT2D eigenvalue weighted by atomic mass is 35.5. The number of methoxy groups -OCH3 is 1. The summed E-state index contributed by atoms with van der Waals surface area (Å²) in [5.41, 5.74) is 2.37. The average molecular weight is 356 g/mol. The molecule has 1 aliphatic rings. The van der Waals surface area contributed by atoms with Gasteiger partial charge in [0.2, 0.25) is 5.79 Å². The minimum absolute atomic E-state index is 0.217. The summed E-state index contributed by atoms with van der Waals surface area (Å²) in [7, 11) is 1.61. The molecule has 0 aliphatic carbocycles. The first kappa shape index (κ1) is 19.0. The average Bonchev–Trinajstić information content (AvgIpc) is 2.70. The van der Waals surface area contributed by atoms with Crippen LogP contribution in [0.1, 0.15) is 37.8 Å². The van der Waals surface area contributed by atoms with Crippen molar-refractivity contribution in [2.24, 2.45) is 0 Å². The van der Waals surface area contributed by atoms with Crippen molar-refractivity contribution in [3.63, 3.8) is 0 Å². The molecule has 1 aliphatic heterocycles. The van der Waals surface area contributed by atoms with E-state index in [0.717, 1.165) is 37.5 Å². The molecule has 24 heavy (non-hydrogen) atoms. The SMILES string of the molecule is COC(C)(C)Oc1cc(Cl)c2c(c1)CCN(CCCC(=O)O)CC2. The van der Waals surface area contributed by atoms with Gasteiger partial charge in [-0.15, -0.1) is 0 Å². The number of aliphatic carboxylic acids is 1. The van der Waals surface area contributed by atoms with E-state index >= 15 is 0 Å². The maximum absolute atomic E-state index is 10.6. The third kappa shape index (κ3) is 5.36. The molecule has 0 saturated carbocycles. The van der Waals surface area contributed by atoms with Crippen molar-refractivity contribution in [3.8, 4) is 5.75 Å². The second-order valence-corrected chi connectivity index (χ2v) is 6.99. The molecule has 0 unspecified atom stereocenters. The van der Waals surface area contributed by atoms with Crippen LogP contribution < -0.4 is 4.74 Å². The van der Waals surface area contributed by atoms with Crippen LogP contribution in [0.5, 0.6) is 5.75 Å². The first-order valence-corrected chi connectivity index (χ1v) is 8.68. The van der Waals surface area contributed by atoms with E-state index in [9.17, 15) is 4.79 Å². The Morgan fingerprint density at radius 2 is 2.04 bits per heavy atom. The summed E-state index contributed by atoms with van der Waals surface area (Å²) in [6.45, 7) is 6.32. The van der Waals surface area contributed by atoms with Crippen molar-refractivity contribution in [1.82, 2.24) is 4.90 Å². The second kappa shape index (κ2) is 8.19. The lowest BCUT2D eigenvalue weighted by molar-refractivity contribution is -0.137. The van der Waals surface area contributed by atoms with E-state index < -0.39 is 11.8 Å². The largest absolute Gasteiger partial charge is 0.481 e. The maximum Gasteiger partial charge on any atom is 0.303 e. The van der Waals surface area contributed by atoms with E-state index in [2.05, 4.69) is 4.90 Å². The van der Waals surface area contributed by atoms with E-state index in [1.807, 2.05) is 26.0 Å². The fraction of sp³-hybridized carbons (Fsp3) is 0.611. The zero-order chi connectivity index (χ0) is 17.7. The summed E-state index contributed by atoms with van der Waals surface area (Å²) in [6.07, 6.45) is 2.64. The summed E-state index contributed by atoms with van der Waals surface area (Å²) in [4.78, 5) is 13.0. The van der Waals surface area contributed by atoms with Crippen LogP contribution in [-0.2, 0) is 22.4 Å². The fourth-order valence-electron chi connectivity index (χ4n) is 2.89. The number of rotatable bonds is 7. The number of fused-ring (bicyclic) bond motifs is 1. The van der Waals surface area contributed by atoms with E-state index in [0.29, 0.717) is 12.2 Å². The van der Waals surface area contributed by atoms with Crippen LogP contribution in [0.2, 0.25) is 5.02 Å². The quantitative estimate of drug-likeness (QED) is 0.760. The van der Waals surface area contributed by atoms with Gasteiger partial charge in [-0.25, -0.2) is 0 Å². The number of hydrogen-bond acceptors (Lipinski definition) is 4. The normalized spacial score (nSPS) is 15.7. The van der Waals surface area contributed by atoms with Crippen LogP contribution in [0, 0.1) is 0 Å². The molecule has 2 rings (SSSR count). The minimum atomic E-state index is -0.737. The number of carbonyl (C=O) groups is 1. The van der Waals surface area contributed by atoms with Crippen molar-refractivity contribution in [1.29, 1.82) is 0 Å². The predicted molar refractivity (Wildman–Crippen MR) is 93.9 cm³/mol. The van der Waals surface area contributed by atoms with Crippen molar-refractivity contribution in [2.45, 2.75) is 45.3 Å². The Morgan fingerprint density at radius 1 is 1.33 bits per heavy atom. The molecule has 0 fully saturated rings. The number of hydrogen-bond donors (Lipinski definition) is 1. The summed E-state index contributed by atoms with van der Waals surface area (Å²) >= 11 is 6.47. The fourth-order valence-corrected chi connectivity index (χ4v) is 3.21. The van der Waals surface area contributed by atoms with Gasteiger partial charge in [-0.3, -0.25) is 4.79 Å². The smallest absolute Gasteiger partial charge is 0.303 e. The standard InChI is InChI=1S/C18H26ClNO4/c1-18(2,23-3)24-14-11-13-6-9-20(8-4-5-17(21)22)10-7-15(13)16(19)12-14/h11-12H,4-10H2,1-3H3,(H,21,22). The first-order valence-electron chi connectivity index (χ1n) is 8.30. The highest BCUT2D eigenvalue weighted by molar-refractivity contribution is 6.31. The molecule has 6 heteroatoms. The molecule has 0 atom stereocenters. The molecule has 1 heterocycles. The highest BCUT2D eigenvalue weighted by Crippen LogP contribution is 2.31. The maximum atomic E-state index is 10.6. The number of ether oxygens (including phenoxy) is 2. The van der Waals surface area contributed by atoms with Gasteiger partial charge in [0.25, 0.3) is 0 Å². The molecule has 5 nitrogen and oxygen atoms in total. The summed E-state index contributed by atoms with van der Waals surface area (Å²) in [6, 6.07) is 3.89. The Kier molecular flexibility index (Phi) is 6.49. The molecule has 0 aromatic heterocycles. The Labute approximate surface area is 148 Å². The molecule has 1 aromatic carbocycles. The van der Waals surface area contributed by atoms with Crippen LogP contribution in [0.4, 0.5) is 0 Å². The molecule has 1 N–H and O–H groups in total. The Bertz CT molecular complexity index is 589. The van der Waals surface area contributed by atoms with Gasteiger partial charge in [0.15, 0.2) is 0 Å². The summed E-state index contributed by atoms with van der Waals surface area (Å²) in [5, 5.41) is 9.48. The van der Waals surface area contributed by atoms with Crippen LogP contribution in [-0.4, -0.2) is 48.5 Å². The van der Waals surface area contributed by atoms with Gasteiger partial charge in [0.1, 0.15) is 5.75 Å². The van der Waals surface area contributed by atoms with Gasteiger partial charge < -0.3 is 19.5 Å². The summed E-state index contributed by atoms with van der Waals surface area (Å²) < 4.78 is 11.2. The molecule has 0 amide bonds. The van der Waals surface area contributed by atoms with Gasteiger partial charge in [-0.2, -0.15) is 0 Å². The molecule has 0 radical (unpaired) electrons. The lowest BCUT2D eigenvalue weighted by Crippen LogP contribution is -2.30. The van der Waals surface area contributed by atoms with Crippen LogP contribution in [0.25, 0.3) is 0 Å². The van der Waals surface area contributed by atoms with E-state index in [1.165, 1.54) is 11.1 Å². The minimum Gasteiger partial charge on any atom is -0.481 e. The third-order valence-corrected chi connectivity index (χ3v) is 4.69. The van der Waals surface area contributed by atoms with Crippen molar-refractivity contribution < 1.29 is 19.4 Å². The van der Waals surface area contributed by atoms with Crippen molar-refractivity contribution in [2.75, 3.05) is 26.7 Å². The second-order valence-electron chi connectivity index (χ2n) is 6.59.